The molecule has 1 fully saturated rings. The van der Waals surface area contributed by atoms with E-state index in [1.807, 2.05) is 25.1 Å². The molecule has 1 saturated carbocycles. The number of carbonyl (C=O) groups excluding carboxylic acids is 1. The minimum absolute atomic E-state index is 0.127. The second kappa shape index (κ2) is 7.85. The van der Waals surface area contributed by atoms with Crippen LogP contribution in [0, 0.1) is 24.7 Å². The van der Waals surface area contributed by atoms with Crippen LogP contribution >= 0.6 is 0 Å². The third-order valence-electron chi connectivity index (χ3n) is 4.03. The van der Waals surface area contributed by atoms with Crippen molar-refractivity contribution < 1.29 is 4.79 Å². The summed E-state index contributed by atoms with van der Waals surface area (Å²) in [5.74, 6) is 6.57. The Labute approximate surface area is 127 Å². The Balaban J connectivity index is 1.92. The van der Waals surface area contributed by atoms with E-state index in [9.17, 15) is 4.79 Å². The van der Waals surface area contributed by atoms with E-state index in [0.717, 1.165) is 16.8 Å². The van der Waals surface area contributed by atoms with Gasteiger partial charge in [-0.1, -0.05) is 31.1 Å². The van der Waals surface area contributed by atoms with Crippen LogP contribution in [-0.4, -0.2) is 12.5 Å². The number of nitrogens with two attached hydrogens (primary N) is 1. The molecule has 2 rings (SSSR count). The molecule has 0 radical (unpaired) electrons. The summed E-state index contributed by atoms with van der Waals surface area (Å²) in [4.78, 5) is 12.1. The van der Waals surface area contributed by atoms with Crippen molar-refractivity contribution in [2.75, 3.05) is 11.9 Å². The number of amides is 1. The number of benzene rings is 1. The molecule has 3 nitrogen and oxygen atoms in total. The van der Waals surface area contributed by atoms with Gasteiger partial charge in [0.25, 0.3) is 0 Å². The molecule has 1 amide bonds. The summed E-state index contributed by atoms with van der Waals surface area (Å²) in [6.45, 7) is 2.36. The molecule has 0 atom stereocenters. The van der Waals surface area contributed by atoms with Crippen LogP contribution in [0.3, 0.4) is 0 Å². The number of rotatable bonds is 3. The number of hydrogen-bond donors (Lipinski definition) is 2. The maximum absolute atomic E-state index is 12.1. The van der Waals surface area contributed by atoms with Crippen LogP contribution < -0.4 is 11.1 Å². The Morgan fingerprint density at radius 3 is 2.76 bits per heavy atom. The van der Waals surface area contributed by atoms with Crippen LogP contribution in [0.2, 0.25) is 0 Å². The van der Waals surface area contributed by atoms with Crippen molar-refractivity contribution in [1.29, 1.82) is 0 Å². The first-order valence-corrected chi connectivity index (χ1v) is 7.78. The molecule has 1 aromatic rings. The van der Waals surface area contributed by atoms with Crippen LogP contribution in [-0.2, 0) is 4.79 Å². The lowest BCUT2D eigenvalue weighted by molar-refractivity contribution is -0.117. The topological polar surface area (TPSA) is 55.1 Å². The number of carbonyl (C=O) groups is 1. The number of nitrogens with one attached hydrogen (secondary N) is 1. The van der Waals surface area contributed by atoms with Gasteiger partial charge in [-0.25, -0.2) is 0 Å². The molecule has 112 valence electrons. The number of anilines is 1. The summed E-state index contributed by atoms with van der Waals surface area (Å²) in [5, 5.41) is 3.00. The summed E-state index contributed by atoms with van der Waals surface area (Å²) in [5.41, 5.74) is 8.26. The van der Waals surface area contributed by atoms with Gasteiger partial charge < -0.3 is 11.1 Å². The van der Waals surface area contributed by atoms with Crippen molar-refractivity contribution in [1.82, 2.24) is 0 Å². The van der Waals surface area contributed by atoms with E-state index in [2.05, 4.69) is 17.2 Å². The summed E-state index contributed by atoms with van der Waals surface area (Å²) in [6, 6.07) is 5.82. The van der Waals surface area contributed by atoms with Gasteiger partial charge in [-0.2, -0.15) is 0 Å². The normalized spacial score (nSPS) is 15.1. The van der Waals surface area contributed by atoms with Gasteiger partial charge in [0, 0.05) is 17.7 Å². The fourth-order valence-electron chi connectivity index (χ4n) is 2.89. The molecule has 3 N–H and O–H groups in total. The second-order valence-electron chi connectivity index (χ2n) is 5.79. The first-order valence-electron chi connectivity index (χ1n) is 7.78. The fourth-order valence-corrected chi connectivity index (χ4v) is 2.89. The van der Waals surface area contributed by atoms with E-state index >= 15 is 0 Å². The van der Waals surface area contributed by atoms with Crippen LogP contribution in [0.4, 0.5) is 5.69 Å². The van der Waals surface area contributed by atoms with Gasteiger partial charge in [0.2, 0.25) is 5.91 Å². The van der Waals surface area contributed by atoms with Gasteiger partial charge in [-0.05, 0) is 49.4 Å². The highest BCUT2D eigenvalue weighted by atomic mass is 16.1. The molecule has 1 aliphatic rings. The molecule has 0 bridgehead atoms. The average molecular weight is 284 g/mol. The zero-order valence-electron chi connectivity index (χ0n) is 12.7. The Morgan fingerprint density at radius 2 is 2.10 bits per heavy atom. The Bertz CT molecular complexity index is 548. The zero-order valence-corrected chi connectivity index (χ0v) is 12.7. The molecule has 0 unspecified atom stereocenters. The highest BCUT2D eigenvalue weighted by Crippen LogP contribution is 2.26. The molecule has 1 aliphatic carbocycles. The van der Waals surface area contributed by atoms with Gasteiger partial charge >= 0.3 is 0 Å². The van der Waals surface area contributed by atoms with E-state index in [-0.39, 0.29) is 5.91 Å². The van der Waals surface area contributed by atoms with E-state index in [4.69, 9.17) is 5.73 Å². The highest BCUT2D eigenvalue weighted by molar-refractivity contribution is 5.91. The molecular weight excluding hydrogens is 260 g/mol. The number of hydrogen-bond acceptors (Lipinski definition) is 2. The van der Waals surface area contributed by atoms with Crippen molar-refractivity contribution in [2.24, 2.45) is 11.7 Å². The molecule has 0 spiro atoms. The molecule has 0 aliphatic heterocycles. The molecule has 3 heteroatoms. The van der Waals surface area contributed by atoms with Crippen LogP contribution in [0.25, 0.3) is 0 Å². The molecule has 0 heterocycles. The van der Waals surface area contributed by atoms with Gasteiger partial charge in [-0.3, -0.25) is 4.79 Å². The van der Waals surface area contributed by atoms with Crippen molar-refractivity contribution in [3.05, 3.63) is 29.3 Å². The molecular formula is C18H24N2O. The average Bonchev–Trinajstić information content (AvgIpc) is 2.47. The lowest BCUT2D eigenvalue weighted by Gasteiger charge is -2.20. The minimum atomic E-state index is 0.127. The van der Waals surface area contributed by atoms with Crippen LogP contribution in [0.15, 0.2) is 18.2 Å². The van der Waals surface area contributed by atoms with Gasteiger partial charge in [-0.15, -0.1) is 0 Å². The number of aryl methyl sites for hydroxylation is 1. The molecule has 0 saturated heterocycles. The summed E-state index contributed by atoms with van der Waals surface area (Å²) < 4.78 is 0. The first kappa shape index (κ1) is 15.6. The summed E-state index contributed by atoms with van der Waals surface area (Å²) >= 11 is 0. The predicted molar refractivity (Wildman–Crippen MR) is 86.9 cm³/mol. The van der Waals surface area contributed by atoms with E-state index in [1.165, 1.54) is 32.1 Å². The Morgan fingerprint density at radius 1 is 1.33 bits per heavy atom. The monoisotopic (exact) mass is 284 g/mol. The van der Waals surface area contributed by atoms with Crippen molar-refractivity contribution in [3.63, 3.8) is 0 Å². The minimum Gasteiger partial charge on any atom is -0.326 e. The van der Waals surface area contributed by atoms with Crippen molar-refractivity contribution >= 4 is 11.6 Å². The summed E-state index contributed by atoms with van der Waals surface area (Å²) in [7, 11) is 0. The van der Waals surface area contributed by atoms with Crippen molar-refractivity contribution in [2.45, 2.75) is 45.4 Å². The molecule has 0 aromatic heterocycles. The largest absolute Gasteiger partial charge is 0.326 e. The second-order valence-corrected chi connectivity index (χ2v) is 5.79. The van der Waals surface area contributed by atoms with E-state index in [0.29, 0.717) is 18.9 Å². The quantitative estimate of drug-likeness (QED) is 0.837. The third-order valence-corrected chi connectivity index (χ3v) is 4.03. The van der Waals surface area contributed by atoms with Gasteiger partial charge in [0.05, 0.1) is 6.54 Å². The smallest absolute Gasteiger partial charge is 0.224 e. The van der Waals surface area contributed by atoms with Gasteiger partial charge in [0.15, 0.2) is 0 Å². The van der Waals surface area contributed by atoms with E-state index in [1.54, 1.807) is 0 Å². The van der Waals surface area contributed by atoms with Crippen LogP contribution in [0.1, 0.15) is 49.7 Å². The van der Waals surface area contributed by atoms with Crippen LogP contribution in [0.5, 0.6) is 0 Å². The lowest BCUT2D eigenvalue weighted by atomic mass is 9.87. The third kappa shape index (κ3) is 4.91. The first-order chi connectivity index (χ1) is 10.2. The highest BCUT2D eigenvalue weighted by Gasteiger charge is 2.17. The fraction of sp³-hybridized carbons (Fsp3) is 0.500. The Kier molecular flexibility index (Phi) is 5.83. The van der Waals surface area contributed by atoms with Crippen molar-refractivity contribution in [3.8, 4) is 11.8 Å². The van der Waals surface area contributed by atoms with E-state index < -0.39 is 0 Å². The predicted octanol–water partition coefficient (Wildman–Crippen LogP) is 3.21. The summed E-state index contributed by atoms with van der Waals surface area (Å²) in [6.07, 6.45) is 6.90. The van der Waals surface area contributed by atoms with Gasteiger partial charge in [0.1, 0.15) is 0 Å². The SMILES string of the molecule is Cc1cc(NC(=O)CC2CCCCC2)ccc1C#CCN. The standard InChI is InChI=1S/C18H24N2O/c1-14-12-17(10-9-16(14)8-5-11-19)20-18(21)13-15-6-3-2-4-7-15/h9-10,12,15H,2-4,6-7,11,13,19H2,1H3,(H,20,21). The maximum atomic E-state index is 12.1. The molecule has 1 aromatic carbocycles. The molecule has 21 heavy (non-hydrogen) atoms. The Hall–Kier alpha value is -1.79. The zero-order chi connectivity index (χ0) is 15.1. The lowest BCUT2D eigenvalue weighted by Crippen LogP contribution is -2.18. The maximum Gasteiger partial charge on any atom is 0.224 e.